The maximum atomic E-state index is 9.77. The minimum atomic E-state index is -0.306. The number of ether oxygens (including phenoxy) is 1. The molecule has 2 heteroatoms. The normalized spacial score (nSPS) is 21.9. The molecule has 1 fully saturated rings. The van der Waals surface area contributed by atoms with Crippen LogP contribution in [0.1, 0.15) is 30.4 Å². The Morgan fingerprint density at radius 2 is 1.60 bits per heavy atom. The van der Waals surface area contributed by atoms with Gasteiger partial charge >= 0.3 is 0 Å². The zero-order valence-corrected chi connectivity index (χ0v) is 11.5. The Balaban J connectivity index is 1.62. The molecule has 0 amide bonds. The smallest absolute Gasteiger partial charge is 0.124 e. The predicted octanol–water partition coefficient (Wildman–Crippen LogP) is 3.57. The van der Waals surface area contributed by atoms with E-state index in [0.717, 1.165) is 31.4 Å². The van der Waals surface area contributed by atoms with Crippen molar-refractivity contribution in [1.29, 1.82) is 0 Å². The van der Waals surface area contributed by atoms with Crippen molar-refractivity contribution in [2.24, 2.45) is 0 Å². The van der Waals surface area contributed by atoms with E-state index in [1.165, 1.54) is 11.1 Å². The molecular weight excluding hydrogens is 248 g/mol. The van der Waals surface area contributed by atoms with Gasteiger partial charge in [0.2, 0.25) is 0 Å². The monoisotopic (exact) mass is 268 g/mol. The van der Waals surface area contributed by atoms with Gasteiger partial charge < -0.3 is 9.84 Å². The van der Waals surface area contributed by atoms with E-state index in [2.05, 4.69) is 36.4 Å². The van der Waals surface area contributed by atoms with E-state index in [0.29, 0.717) is 0 Å². The Morgan fingerprint density at radius 1 is 0.900 bits per heavy atom. The summed E-state index contributed by atoms with van der Waals surface area (Å²) in [6.07, 6.45) is 3.46. The molecule has 0 radical (unpaired) electrons. The summed E-state index contributed by atoms with van der Waals surface area (Å²) >= 11 is 0. The molecule has 2 unspecified atom stereocenters. The van der Waals surface area contributed by atoms with Crippen LogP contribution in [0.3, 0.4) is 0 Å². The molecule has 2 aromatic carbocycles. The molecule has 1 N–H and O–H groups in total. The van der Waals surface area contributed by atoms with Crippen molar-refractivity contribution in [2.75, 3.05) is 0 Å². The molecule has 104 valence electrons. The molecular formula is C18H20O2. The van der Waals surface area contributed by atoms with E-state index in [1.807, 2.05) is 18.2 Å². The van der Waals surface area contributed by atoms with Crippen LogP contribution in [-0.4, -0.2) is 17.3 Å². The molecule has 0 aliphatic heterocycles. The molecule has 1 aliphatic rings. The van der Waals surface area contributed by atoms with Gasteiger partial charge in [-0.1, -0.05) is 42.5 Å². The Kier molecular flexibility index (Phi) is 4.03. The molecule has 2 aromatic rings. The first-order valence-corrected chi connectivity index (χ1v) is 7.29. The van der Waals surface area contributed by atoms with Crippen molar-refractivity contribution >= 4 is 0 Å². The van der Waals surface area contributed by atoms with Crippen molar-refractivity contribution in [3.05, 3.63) is 65.7 Å². The van der Waals surface area contributed by atoms with Gasteiger partial charge in [0, 0.05) is 0 Å². The predicted molar refractivity (Wildman–Crippen MR) is 80.0 cm³/mol. The second-order valence-electron chi connectivity index (χ2n) is 5.46. The van der Waals surface area contributed by atoms with Gasteiger partial charge in [-0.3, -0.25) is 0 Å². The first-order valence-electron chi connectivity index (χ1n) is 7.29. The van der Waals surface area contributed by atoms with Crippen LogP contribution in [0.15, 0.2) is 54.6 Å². The van der Waals surface area contributed by atoms with Crippen LogP contribution in [0.4, 0.5) is 0 Å². The first kappa shape index (κ1) is 13.2. The van der Waals surface area contributed by atoms with Gasteiger partial charge in [-0.15, -0.1) is 0 Å². The Bertz CT molecular complexity index is 533. The summed E-state index contributed by atoms with van der Waals surface area (Å²) in [7, 11) is 0. The summed E-state index contributed by atoms with van der Waals surface area (Å²) in [4.78, 5) is 0. The molecule has 1 aliphatic carbocycles. The molecule has 2 nitrogen and oxygen atoms in total. The van der Waals surface area contributed by atoms with Crippen molar-refractivity contribution in [1.82, 2.24) is 0 Å². The lowest BCUT2D eigenvalue weighted by molar-refractivity contribution is 0.0604. The SMILES string of the molecule is OC1CCCC1Oc1ccc(Cc2ccccc2)cc1. The number of aliphatic hydroxyl groups excluding tert-OH is 1. The fourth-order valence-electron chi connectivity index (χ4n) is 2.74. The van der Waals surface area contributed by atoms with E-state index < -0.39 is 0 Å². The van der Waals surface area contributed by atoms with E-state index >= 15 is 0 Å². The molecule has 2 atom stereocenters. The van der Waals surface area contributed by atoms with E-state index in [-0.39, 0.29) is 12.2 Å². The third-order valence-corrected chi connectivity index (χ3v) is 3.88. The summed E-state index contributed by atoms with van der Waals surface area (Å²) in [6, 6.07) is 18.6. The van der Waals surface area contributed by atoms with Crippen LogP contribution in [0.2, 0.25) is 0 Å². The third-order valence-electron chi connectivity index (χ3n) is 3.88. The zero-order valence-electron chi connectivity index (χ0n) is 11.5. The highest BCUT2D eigenvalue weighted by atomic mass is 16.5. The highest BCUT2D eigenvalue weighted by Gasteiger charge is 2.26. The second-order valence-corrected chi connectivity index (χ2v) is 5.46. The molecule has 3 rings (SSSR count). The quantitative estimate of drug-likeness (QED) is 0.918. The lowest BCUT2D eigenvalue weighted by Gasteiger charge is -2.17. The highest BCUT2D eigenvalue weighted by Crippen LogP contribution is 2.25. The van der Waals surface area contributed by atoms with Crippen LogP contribution in [0.25, 0.3) is 0 Å². The summed E-state index contributed by atoms with van der Waals surface area (Å²) in [5.74, 6) is 0.854. The van der Waals surface area contributed by atoms with Gasteiger partial charge in [-0.05, 0) is 48.9 Å². The maximum Gasteiger partial charge on any atom is 0.124 e. The van der Waals surface area contributed by atoms with Crippen molar-refractivity contribution < 1.29 is 9.84 Å². The molecule has 0 aromatic heterocycles. The van der Waals surface area contributed by atoms with Gasteiger partial charge in [0.05, 0.1) is 6.10 Å². The number of hydrogen-bond donors (Lipinski definition) is 1. The Hall–Kier alpha value is -1.80. The van der Waals surface area contributed by atoms with Crippen molar-refractivity contribution in [3.63, 3.8) is 0 Å². The lowest BCUT2D eigenvalue weighted by atomic mass is 10.1. The molecule has 1 saturated carbocycles. The molecule has 20 heavy (non-hydrogen) atoms. The van der Waals surface area contributed by atoms with Gasteiger partial charge in [-0.2, -0.15) is 0 Å². The summed E-state index contributed by atoms with van der Waals surface area (Å²) < 4.78 is 5.84. The first-order chi connectivity index (χ1) is 9.81. The topological polar surface area (TPSA) is 29.5 Å². The van der Waals surface area contributed by atoms with Crippen LogP contribution in [0, 0.1) is 0 Å². The number of hydrogen-bond acceptors (Lipinski definition) is 2. The summed E-state index contributed by atoms with van der Waals surface area (Å²) in [5, 5.41) is 9.77. The lowest BCUT2D eigenvalue weighted by Crippen LogP contribution is -2.25. The minimum Gasteiger partial charge on any atom is -0.488 e. The molecule has 0 spiro atoms. The van der Waals surface area contributed by atoms with Gasteiger partial charge in [0.25, 0.3) is 0 Å². The fraction of sp³-hybridized carbons (Fsp3) is 0.333. The van der Waals surface area contributed by atoms with Crippen LogP contribution >= 0.6 is 0 Å². The number of benzene rings is 2. The van der Waals surface area contributed by atoms with E-state index in [9.17, 15) is 5.11 Å². The largest absolute Gasteiger partial charge is 0.488 e. The van der Waals surface area contributed by atoms with E-state index in [4.69, 9.17) is 4.74 Å². The van der Waals surface area contributed by atoms with E-state index in [1.54, 1.807) is 0 Å². The Morgan fingerprint density at radius 3 is 2.25 bits per heavy atom. The zero-order chi connectivity index (χ0) is 13.8. The molecule has 0 saturated heterocycles. The number of rotatable bonds is 4. The standard InChI is InChI=1S/C18H20O2/c19-17-7-4-8-18(17)20-16-11-9-15(10-12-16)13-14-5-2-1-3-6-14/h1-3,5-6,9-12,17-19H,4,7-8,13H2. The van der Waals surface area contributed by atoms with Gasteiger partial charge in [0.1, 0.15) is 11.9 Å². The fourth-order valence-corrected chi connectivity index (χ4v) is 2.74. The summed E-state index contributed by atoms with van der Waals surface area (Å²) in [5.41, 5.74) is 2.59. The summed E-state index contributed by atoms with van der Waals surface area (Å²) in [6.45, 7) is 0. The molecule has 0 heterocycles. The van der Waals surface area contributed by atoms with Crippen LogP contribution in [-0.2, 0) is 6.42 Å². The van der Waals surface area contributed by atoms with Crippen LogP contribution < -0.4 is 4.74 Å². The molecule has 0 bridgehead atoms. The average molecular weight is 268 g/mol. The Labute approximate surface area is 120 Å². The third kappa shape index (κ3) is 3.20. The maximum absolute atomic E-state index is 9.77. The number of aliphatic hydroxyl groups is 1. The highest BCUT2D eigenvalue weighted by molar-refractivity contribution is 5.31. The minimum absolute atomic E-state index is 0.0324. The van der Waals surface area contributed by atoms with Gasteiger partial charge in [-0.25, -0.2) is 0 Å². The van der Waals surface area contributed by atoms with Crippen molar-refractivity contribution in [2.45, 2.75) is 37.9 Å². The van der Waals surface area contributed by atoms with Gasteiger partial charge in [0.15, 0.2) is 0 Å². The van der Waals surface area contributed by atoms with Crippen molar-refractivity contribution in [3.8, 4) is 5.75 Å². The average Bonchev–Trinajstić information content (AvgIpc) is 2.88. The van der Waals surface area contributed by atoms with Crippen LogP contribution in [0.5, 0.6) is 5.75 Å². The second kappa shape index (κ2) is 6.10.